The predicted octanol–water partition coefficient (Wildman–Crippen LogP) is 1.04. The van der Waals surface area contributed by atoms with Crippen molar-refractivity contribution in [3.05, 3.63) is 18.6 Å². The lowest BCUT2D eigenvalue weighted by Crippen LogP contribution is -2.10. The molecule has 1 atom stereocenters. The molecule has 1 heteroatoms. The molecule has 0 aromatic carbocycles. The lowest BCUT2D eigenvalue weighted by atomic mass is 10.2. The molecule has 0 amide bonds. The van der Waals surface area contributed by atoms with Gasteiger partial charge >= 0.3 is 0 Å². The molecule has 1 heterocycles. The van der Waals surface area contributed by atoms with Crippen LogP contribution in [0.5, 0.6) is 0 Å². The van der Waals surface area contributed by atoms with E-state index < -0.39 is 0 Å². The minimum Gasteiger partial charge on any atom is -0.373 e. The minimum absolute atomic E-state index is 0.199. The Bertz CT molecular complexity index is 76.2. The molecule has 0 bridgehead atoms. The van der Waals surface area contributed by atoms with Crippen LogP contribution in [0, 0.1) is 6.42 Å². The van der Waals surface area contributed by atoms with Gasteiger partial charge in [0.15, 0.2) is 0 Å². The summed E-state index contributed by atoms with van der Waals surface area (Å²) in [5.74, 6) is 0. The zero-order valence-electron chi connectivity index (χ0n) is 4.35. The van der Waals surface area contributed by atoms with Gasteiger partial charge in [-0.3, -0.25) is 0 Å². The average Bonchev–Trinajstić information content (AvgIpc) is 1.69. The highest BCUT2D eigenvalue weighted by Crippen LogP contribution is 2.01. The molecule has 0 aromatic rings. The summed E-state index contributed by atoms with van der Waals surface area (Å²) >= 11 is 0. The van der Waals surface area contributed by atoms with Crippen molar-refractivity contribution in [2.75, 3.05) is 6.61 Å². The van der Waals surface area contributed by atoms with Crippen LogP contribution in [0.3, 0.4) is 0 Å². The van der Waals surface area contributed by atoms with Gasteiger partial charge in [0, 0.05) is 6.42 Å². The van der Waals surface area contributed by atoms with Crippen LogP contribution in [0.2, 0.25) is 0 Å². The maximum absolute atomic E-state index is 5.08. The summed E-state index contributed by atoms with van der Waals surface area (Å²) in [7, 11) is 0. The third-order valence-corrected chi connectivity index (χ3v) is 0.891. The molecule has 0 aromatic heterocycles. The smallest absolute Gasteiger partial charge is 0.0661 e. The number of hydrogen-bond donors (Lipinski definition) is 0. The van der Waals surface area contributed by atoms with Crippen LogP contribution >= 0.6 is 0 Å². The first kappa shape index (κ1) is 4.85. The minimum atomic E-state index is 0.199. The Labute approximate surface area is 44.0 Å². The predicted molar refractivity (Wildman–Crippen MR) is 27.8 cm³/mol. The van der Waals surface area contributed by atoms with Crippen molar-refractivity contribution < 1.29 is 4.74 Å². The fraction of sp³-hybridized carbons (Fsp3) is 0.500. The third-order valence-electron chi connectivity index (χ3n) is 0.891. The van der Waals surface area contributed by atoms with Crippen molar-refractivity contribution in [2.45, 2.75) is 13.0 Å². The summed E-state index contributed by atoms with van der Waals surface area (Å²) in [5, 5.41) is 0. The second-order valence-corrected chi connectivity index (χ2v) is 1.54. The van der Waals surface area contributed by atoms with Crippen LogP contribution in [0.1, 0.15) is 6.92 Å². The zero-order chi connectivity index (χ0) is 5.11. The van der Waals surface area contributed by atoms with Crippen molar-refractivity contribution in [3.63, 3.8) is 0 Å². The van der Waals surface area contributed by atoms with Gasteiger partial charge in [-0.15, -0.1) is 0 Å². The first-order valence-corrected chi connectivity index (χ1v) is 2.42. The van der Waals surface area contributed by atoms with Gasteiger partial charge in [-0.25, -0.2) is 0 Å². The highest BCUT2D eigenvalue weighted by atomic mass is 16.5. The van der Waals surface area contributed by atoms with E-state index in [0.717, 1.165) is 6.61 Å². The van der Waals surface area contributed by atoms with Crippen LogP contribution < -0.4 is 0 Å². The van der Waals surface area contributed by atoms with Crippen molar-refractivity contribution >= 4 is 0 Å². The van der Waals surface area contributed by atoms with Crippen molar-refractivity contribution in [1.29, 1.82) is 0 Å². The standard InChI is InChI=1S/C6H8O/c1-6-4-2-3-5-7-6/h2-3,6H,5H2,1H3. The van der Waals surface area contributed by atoms with Crippen LogP contribution in [-0.4, -0.2) is 12.7 Å². The molecule has 1 aliphatic rings. The highest BCUT2D eigenvalue weighted by Gasteiger charge is 2.01. The van der Waals surface area contributed by atoms with Gasteiger partial charge in [0.1, 0.15) is 0 Å². The molecule has 1 rings (SSSR count). The monoisotopic (exact) mass is 96.1 g/mol. The van der Waals surface area contributed by atoms with Crippen molar-refractivity contribution in [1.82, 2.24) is 0 Å². The van der Waals surface area contributed by atoms with E-state index in [9.17, 15) is 0 Å². The van der Waals surface area contributed by atoms with Gasteiger partial charge in [0.2, 0.25) is 0 Å². The first-order valence-electron chi connectivity index (χ1n) is 2.42. The quantitative estimate of drug-likeness (QED) is 0.438. The summed E-state index contributed by atoms with van der Waals surface area (Å²) in [6, 6.07) is 0. The van der Waals surface area contributed by atoms with Gasteiger partial charge in [-0.1, -0.05) is 12.2 Å². The molecule has 0 aliphatic carbocycles. The summed E-state index contributed by atoms with van der Waals surface area (Å²) in [6.07, 6.45) is 7.03. The van der Waals surface area contributed by atoms with Crippen molar-refractivity contribution in [3.8, 4) is 0 Å². The second-order valence-electron chi connectivity index (χ2n) is 1.54. The molecule has 2 radical (unpaired) electrons. The summed E-state index contributed by atoms with van der Waals surface area (Å²) in [4.78, 5) is 0. The molecule has 0 saturated heterocycles. The van der Waals surface area contributed by atoms with E-state index in [2.05, 4.69) is 6.42 Å². The number of ether oxygens (including phenoxy) is 1. The van der Waals surface area contributed by atoms with E-state index in [1.807, 2.05) is 19.1 Å². The molecular formula is C6H8O. The van der Waals surface area contributed by atoms with Crippen LogP contribution in [0.4, 0.5) is 0 Å². The molecule has 0 fully saturated rings. The maximum Gasteiger partial charge on any atom is 0.0661 e. The lowest BCUT2D eigenvalue weighted by molar-refractivity contribution is 0.108. The van der Waals surface area contributed by atoms with E-state index in [1.165, 1.54) is 0 Å². The van der Waals surface area contributed by atoms with E-state index >= 15 is 0 Å². The molecule has 1 aliphatic heterocycles. The van der Waals surface area contributed by atoms with E-state index in [4.69, 9.17) is 4.74 Å². The molecule has 1 nitrogen and oxygen atoms in total. The topological polar surface area (TPSA) is 9.23 Å². The van der Waals surface area contributed by atoms with Crippen molar-refractivity contribution in [2.24, 2.45) is 0 Å². The Kier molecular flexibility index (Phi) is 1.47. The molecule has 0 saturated carbocycles. The van der Waals surface area contributed by atoms with Crippen LogP contribution in [0.15, 0.2) is 12.2 Å². The Morgan fingerprint density at radius 1 is 1.86 bits per heavy atom. The highest BCUT2D eigenvalue weighted by molar-refractivity contribution is 5.01. The normalized spacial score (nSPS) is 30.7. The molecule has 0 spiro atoms. The Balaban J connectivity index is 2.32. The average molecular weight is 96.1 g/mol. The Morgan fingerprint density at radius 2 is 2.71 bits per heavy atom. The lowest BCUT2D eigenvalue weighted by Gasteiger charge is -2.11. The van der Waals surface area contributed by atoms with E-state index in [-0.39, 0.29) is 6.10 Å². The maximum atomic E-state index is 5.08. The Morgan fingerprint density at radius 3 is 3.00 bits per heavy atom. The van der Waals surface area contributed by atoms with E-state index in [1.54, 1.807) is 0 Å². The summed E-state index contributed by atoms with van der Waals surface area (Å²) < 4.78 is 5.08. The molecule has 7 heavy (non-hydrogen) atoms. The van der Waals surface area contributed by atoms with Gasteiger partial charge in [-0.05, 0) is 6.92 Å². The third kappa shape index (κ3) is 1.32. The molecular weight excluding hydrogens is 88.1 g/mol. The number of hydrogen-bond acceptors (Lipinski definition) is 1. The molecule has 0 N–H and O–H groups in total. The van der Waals surface area contributed by atoms with Crippen LogP contribution in [0.25, 0.3) is 0 Å². The largest absolute Gasteiger partial charge is 0.373 e. The van der Waals surface area contributed by atoms with Crippen LogP contribution in [-0.2, 0) is 4.74 Å². The van der Waals surface area contributed by atoms with Gasteiger partial charge in [-0.2, -0.15) is 0 Å². The Hall–Kier alpha value is -0.300. The SMILES string of the molecule is CC1[C]C=CCO1. The number of rotatable bonds is 0. The van der Waals surface area contributed by atoms with Gasteiger partial charge in [0.25, 0.3) is 0 Å². The van der Waals surface area contributed by atoms with Gasteiger partial charge < -0.3 is 4.74 Å². The first-order chi connectivity index (χ1) is 3.39. The summed E-state index contributed by atoms with van der Waals surface area (Å²) in [6.45, 7) is 2.72. The molecule has 1 unspecified atom stereocenters. The second kappa shape index (κ2) is 2.12. The summed E-state index contributed by atoms with van der Waals surface area (Å²) in [5.41, 5.74) is 0. The van der Waals surface area contributed by atoms with Gasteiger partial charge in [0.05, 0.1) is 12.7 Å². The molecule has 38 valence electrons. The fourth-order valence-corrected chi connectivity index (χ4v) is 0.500. The zero-order valence-corrected chi connectivity index (χ0v) is 4.35. The van der Waals surface area contributed by atoms with E-state index in [0.29, 0.717) is 0 Å². The fourth-order valence-electron chi connectivity index (χ4n) is 0.500.